The lowest BCUT2D eigenvalue weighted by molar-refractivity contribution is -0.118. The number of nitrogens with zero attached hydrogens (tertiary/aromatic N) is 3. The number of carbonyl (C=O) groups excluding carboxylic acids is 1. The molecule has 2 aromatic rings. The molecule has 0 radical (unpaired) electrons. The molecule has 0 saturated heterocycles. The molecular weight excluding hydrogens is 386 g/mol. The van der Waals surface area contributed by atoms with Gasteiger partial charge in [-0.25, -0.2) is 9.78 Å². The van der Waals surface area contributed by atoms with Gasteiger partial charge < -0.3 is 19.3 Å². The number of fused-ring (bicyclic) bond motifs is 1. The normalized spacial score (nSPS) is 13.6. The number of aromatic carboxylic acids is 1. The van der Waals surface area contributed by atoms with Crippen LogP contribution in [0.25, 0.3) is 11.4 Å². The second-order valence-corrected chi connectivity index (χ2v) is 14.2. The first-order chi connectivity index (χ1) is 13.7. The van der Waals surface area contributed by atoms with Gasteiger partial charge in [-0.3, -0.25) is 4.79 Å². The number of benzene rings is 1. The first kappa shape index (κ1) is 21.3. The Bertz CT molecular complexity index is 917. The maximum atomic E-state index is 12.1. The summed E-state index contributed by atoms with van der Waals surface area (Å²) in [6.45, 7) is 10.3. The van der Waals surface area contributed by atoms with Gasteiger partial charge in [0.25, 0.3) is 0 Å². The Morgan fingerprint density at radius 1 is 1.28 bits per heavy atom. The van der Waals surface area contributed by atoms with Gasteiger partial charge in [-0.05, 0) is 36.2 Å². The van der Waals surface area contributed by atoms with E-state index in [0.29, 0.717) is 25.4 Å². The number of ether oxygens (including phenoxy) is 1. The smallest absolute Gasteiger partial charge is 0.356 e. The number of carboxylic acids is 1. The molecule has 1 aromatic heterocycles. The molecule has 0 bridgehead atoms. The van der Waals surface area contributed by atoms with Crippen molar-refractivity contribution < 1.29 is 19.4 Å². The highest BCUT2D eigenvalue weighted by Gasteiger charge is 2.25. The summed E-state index contributed by atoms with van der Waals surface area (Å²) in [6, 6.07) is 6.87. The molecule has 1 aliphatic rings. The van der Waals surface area contributed by atoms with Gasteiger partial charge in [-0.2, -0.15) is 0 Å². The number of carbonyl (C=O) groups is 2. The Kier molecular flexibility index (Phi) is 6.23. The molecule has 7 nitrogen and oxygen atoms in total. The van der Waals surface area contributed by atoms with E-state index in [1.807, 2.05) is 30.0 Å². The molecule has 0 fully saturated rings. The SMILES string of the molecule is CCC(=O)N1CCc2cc(-c3nc(C(=O)O)cn3COCC[Si](C)(C)C)ccc21. The lowest BCUT2D eigenvalue weighted by atomic mass is 10.1. The van der Waals surface area contributed by atoms with Crippen LogP contribution in [-0.2, 0) is 22.7 Å². The maximum absolute atomic E-state index is 12.1. The fourth-order valence-corrected chi connectivity index (χ4v) is 4.14. The molecule has 0 spiro atoms. The van der Waals surface area contributed by atoms with E-state index < -0.39 is 14.0 Å². The molecule has 1 amide bonds. The van der Waals surface area contributed by atoms with Gasteiger partial charge >= 0.3 is 5.97 Å². The van der Waals surface area contributed by atoms with Crippen LogP contribution >= 0.6 is 0 Å². The van der Waals surface area contributed by atoms with Crippen LogP contribution in [0.3, 0.4) is 0 Å². The van der Waals surface area contributed by atoms with Crippen LogP contribution in [0.5, 0.6) is 0 Å². The summed E-state index contributed by atoms with van der Waals surface area (Å²) in [5.74, 6) is -0.381. The molecule has 0 unspecified atom stereocenters. The summed E-state index contributed by atoms with van der Waals surface area (Å²) < 4.78 is 7.57. The Morgan fingerprint density at radius 2 is 2.03 bits per heavy atom. The molecule has 1 N–H and O–H groups in total. The van der Waals surface area contributed by atoms with E-state index >= 15 is 0 Å². The van der Waals surface area contributed by atoms with Crippen LogP contribution in [0.15, 0.2) is 24.4 Å². The van der Waals surface area contributed by atoms with Crippen LogP contribution in [0, 0.1) is 0 Å². The van der Waals surface area contributed by atoms with Crippen LogP contribution in [0.2, 0.25) is 25.7 Å². The minimum Gasteiger partial charge on any atom is -0.476 e. The number of aromatic nitrogens is 2. The second-order valence-electron chi connectivity index (χ2n) is 8.57. The zero-order valence-corrected chi connectivity index (χ0v) is 18.6. The van der Waals surface area contributed by atoms with Gasteiger partial charge in [0.05, 0.1) is 0 Å². The number of anilines is 1. The molecule has 29 heavy (non-hydrogen) atoms. The van der Waals surface area contributed by atoms with E-state index in [1.165, 1.54) is 6.20 Å². The fraction of sp³-hybridized carbons (Fsp3) is 0.476. The van der Waals surface area contributed by atoms with Gasteiger partial charge in [0.15, 0.2) is 5.69 Å². The highest BCUT2D eigenvalue weighted by Crippen LogP contribution is 2.32. The number of carboxylic acid groups (broad SMARTS) is 1. The first-order valence-corrected chi connectivity index (χ1v) is 13.7. The van der Waals surface area contributed by atoms with Gasteiger partial charge in [-0.15, -0.1) is 0 Å². The zero-order valence-electron chi connectivity index (χ0n) is 17.6. The Morgan fingerprint density at radius 3 is 2.69 bits per heavy atom. The van der Waals surface area contributed by atoms with Crippen LogP contribution < -0.4 is 4.90 Å². The maximum Gasteiger partial charge on any atom is 0.356 e. The fourth-order valence-electron chi connectivity index (χ4n) is 3.38. The highest BCUT2D eigenvalue weighted by molar-refractivity contribution is 6.76. The Hall–Kier alpha value is -2.45. The van der Waals surface area contributed by atoms with Gasteiger partial charge in [0, 0.05) is 45.1 Å². The molecule has 0 atom stereocenters. The van der Waals surface area contributed by atoms with Crippen molar-refractivity contribution in [2.45, 2.75) is 52.2 Å². The van der Waals surface area contributed by atoms with Crippen molar-refractivity contribution >= 4 is 25.6 Å². The molecule has 0 aliphatic carbocycles. The third-order valence-corrected chi connectivity index (χ3v) is 6.76. The third-order valence-electron chi connectivity index (χ3n) is 5.06. The third kappa shape index (κ3) is 4.94. The molecule has 1 aromatic carbocycles. The Balaban J connectivity index is 1.84. The molecule has 8 heteroatoms. The summed E-state index contributed by atoms with van der Waals surface area (Å²) in [5, 5.41) is 9.37. The van der Waals surface area contributed by atoms with E-state index in [-0.39, 0.29) is 18.3 Å². The molecule has 2 heterocycles. The zero-order chi connectivity index (χ0) is 21.2. The summed E-state index contributed by atoms with van der Waals surface area (Å²) in [6.07, 6.45) is 2.78. The molecular formula is C21H29N3O4Si. The van der Waals surface area contributed by atoms with E-state index in [1.54, 1.807) is 4.57 Å². The standard InChI is InChI=1S/C21H29N3O4Si/c1-5-19(25)24-9-8-15-12-16(6-7-18(15)24)20-22-17(21(26)27)13-23(20)14-28-10-11-29(2,3)4/h6-7,12-13H,5,8-11,14H2,1-4H3,(H,26,27). The van der Waals surface area contributed by atoms with E-state index in [2.05, 4.69) is 24.6 Å². The predicted molar refractivity (Wildman–Crippen MR) is 115 cm³/mol. The van der Waals surface area contributed by atoms with Crippen molar-refractivity contribution in [3.8, 4) is 11.4 Å². The molecule has 0 saturated carbocycles. The van der Waals surface area contributed by atoms with Gasteiger partial charge in [-0.1, -0.05) is 26.6 Å². The molecule has 156 valence electrons. The minimum absolute atomic E-state index is 0.00270. The average Bonchev–Trinajstić information content (AvgIpc) is 3.27. The van der Waals surface area contributed by atoms with Gasteiger partial charge in [0.2, 0.25) is 5.91 Å². The largest absolute Gasteiger partial charge is 0.476 e. The highest BCUT2D eigenvalue weighted by atomic mass is 28.3. The van der Waals surface area contributed by atoms with Crippen LogP contribution in [-0.4, -0.2) is 47.8 Å². The summed E-state index contributed by atoms with van der Waals surface area (Å²) >= 11 is 0. The van der Waals surface area contributed by atoms with E-state index in [9.17, 15) is 14.7 Å². The van der Waals surface area contributed by atoms with Crippen LogP contribution in [0.1, 0.15) is 29.4 Å². The van der Waals surface area contributed by atoms with Crippen molar-refractivity contribution in [1.82, 2.24) is 9.55 Å². The van der Waals surface area contributed by atoms with Crippen molar-refractivity contribution in [3.05, 3.63) is 35.7 Å². The quantitative estimate of drug-likeness (QED) is 0.523. The first-order valence-electron chi connectivity index (χ1n) is 10.0. The molecule has 3 rings (SSSR count). The van der Waals surface area contributed by atoms with Crippen LogP contribution in [0.4, 0.5) is 5.69 Å². The topological polar surface area (TPSA) is 84.7 Å². The lowest BCUT2D eigenvalue weighted by Crippen LogP contribution is -2.27. The van der Waals surface area contributed by atoms with Crippen molar-refractivity contribution in [3.63, 3.8) is 0 Å². The monoisotopic (exact) mass is 415 g/mol. The van der Waals surface area contributed by atoms with E-state index in [4.69, 9.17) is 4.74 Å². The van der Waals surface area contributed by atoms with Crippen molar-refractivity contribution in [1.29, 1.82) is 0 Å². The average molecular weight is 416 g/mol. The summed E-state index contributed by atoms with van der Waals surface area (Å²) in [4.78, 5) is 29.7. The predicted octanol–water partition coefficient (Wildman–Crippen LogP) is 3.86. The number of imidazole rings is 1. The van der Waals surface area contributed by atoms with E-state index in [0.717, 1.165) is 29.3 Å². The minimum atomic E-state index is -1.19. The number of hydrogen-bond donors (Lipinski definition) is 1. The molecule has 1 aliphatic heterocycles. The van der Waals surface area contributed by atoms with Crippen molar-refractivity contribution in [2.24, 2.45) is 0 Å². The number of rotatable bonds is 8. The van der Waals surface area contributed by atoms with Gasteiger partial charge in [0.1, 0.15) is 12.6 Å². The Labute approximate surface area is 172 Å². The number of hydrogen-bond acceptors (Lipinski definition) is 4. The number of amides is 1. The lowest BCUT2D eigenvalue weighted by Gasteiger charge is -2.17. The summed E-state index contributed by atoms with van der Waals surface area (Å²) in [7, 11) is -1.19. The second kappa shape index (κ2) is 8.50. The summed E-state index contributed by atoms with van der Waals surface area (Å²) in [5.41, 5.74) is 2.84. The van der Waals surface area contributed by atoms with Crippen molar-refractivity contribution in [2.75, 3.05) is 18.1 Å².